The number of nitrogens with one attached hydrogen (secondary N) is 1. The van der Waals surface area contributed by atoms with Crippen LogP contribution in [0.15, 0.2) is 46.9 Å². The summed E-state index contributed by atoms with van der Waals surface area (Å²) in [5, 5.41) is 3.62. The Morgan fingerprint density at radius 1 is 1.05 bits per heavy atom. The van der Waals surface area contributed by atoms with E-state index in [-0.39, 0.29) is 0 Å². The number of benzene rings is 2. The zero-order valence-corrected chi connectivity index (χ0v) is 14.0. The van der Waals surface area contributed by atoms with E-state index in [4.69, 9.17) is 0 Å². The minimum absolute atomic E-state index is 0.376. The van der Waals surface area contributed by atoms with Gasteiger partial charge in [-0.2, -0.15) is 0 Å². The minimum atomic E-state index is 0.376. The van der Waals surface area contributed by atoms with Gasteiger partial charge in [0.2, 0.25) is 0 Å². The highest BCUT2D eigenvalue weighted by Gasteiger charge is 2.14. The number of aryl methyl sites for hydroxylation is 1. The highest BCUT2D eigenvalue weighted by molar-refractivity contribution is 9.10. The Kier molecular flexibility index (Phi) is 5.38. The zero-order valence-electron chi connectivity index (χ0n) is 12.4. The van der Waals surface area contributed by atoms with Crippen molar-refractivity contribution < 1.29 is 0 Å². The molecule has 0 saturated carbocycles. The molecule has 0 radical (unpaired) electrons. The fraction of sp³-hybridized carbons (Fsp3) is 0.333. The molecule has 0 heterocycles. The fourth-order valence-electron chi connectivity index (χ4n) is 2.55. The summed E-state index contributed by atoms with van der Waals surface area (Å²) >= 11 is 3.49. The molecule has 106 valence electrons. The summed E-state index contributed by atoms with van der Waals surface area (Å²) in [4.78, 5) is 0. The molecular weight excluding hydrogens is 310 g/mol. The van der Waals surface area contributed by atoms with Crippen molar-refractivity contribution in [2.75, 3.05) is 6.54 Å². The number of rotatable bonds is 5. The normalized spacial score (nSPS) is 12.4. The van der Waals surface area contributed by atoms with Crippen molar-refractivity contribution in [3.05, 3.63) is 69.2 Å². The summed E-state index contributed by atoms with van der Waals surface area (Å²) in [6.45, 7) is 7.55. The lowest BCUT2D eigenvalue weighted by Crippen LogP contribution is -2.24. The van der Waals surface area contributed by atoms with Crippen LogP contribution in [0.1, 0.15) is 35.2 Å². The molecule has 0 bridgehead atoms. The molecule has 0 fully saturated rings. The lowest BCUT2D eigenvalue weighted by atomic mass is 9.93. The van der Waals surface area contributed by atoms with Gasteiger partial charge in [-0.1, -0.05) is 53.2 Å². The Morgan fingerprint density at radius 2 is 1.75 bits per heavy atom. The van der Waals surface area contributed by atoms with Crippen LogP contribution in [0.2, 0.25) is 0 Å². The average molecular weight is 332 g/mol. The van der Waals surface area contributed by atoms with Gasteiger partial charge in [-0.15, -0.1) is 0 Å². The lowest BCUT2D eigenvalue weighted by Gasteiger charge is -2.21. The smallest absolute Gasteiger partial charge is 0.0363 e. The van der Waals surface area contributed by atoms with E-state index in [1.807, 2.05) is 0 Å². The van der Waals surface area contributed by atoms with E-state index in [1.165, 1.54) is 22.3 Å². The van der Waals surface area contributed by atoms with Crippen molar-refractivity contribution in [2.24, 2.45) is 0 Å². The first-order valence-corrected chi connectivity index (χ1v) is 7.95. The molecule has 1 atom stereocenters. The average Bonchev–Trinajstić information content (AvgIpc) is 2.44. The van der Waals surface area contributed by atoms with Crippen LogP contribution in [0.5, 0.6) is 0 Å². The van der Waals surface area contributed by atoms with Crippen LogP contribution in [0.25, 0.3) is 0 Å². The molecule has 0 aliphatic heterocycles. The maximum absolute atomic E-state index is 3.62. The van der Waals surface area contributed by atoms with Crippen LogP contribution >= 0.6 is 15.9 Å². The van der Waals surface area contributed by atoms with Crippen molar-refractivity contribution in [1.82, 2.24) is 5.32 Å². The minimum Gasteiger partial charge on any atom is -0.310 e. The van der Waals surface area contributed by atoms with Gasteiger partial charge in [0.05, 0.1) is 0 Å². The van der Waals surface area contributed by atoms with Crippen LogP contribution in [-0.2, 0) is 6.42 Å². The summed E-state index contributed by atoms with van der Waals surface area (Å²) in [6, 6.07) is 15.6. The topological polar surface area (TPSA) is 12.0 Å². The molecule has 1 N–H and O–H groups in total. The predicted octanol–water partition coefficient (Wildman–Crippen LogP) is 4.96. The zero-order chi connectivity index (χ0) is 14.5. The van der Waals surface area contributed by atoms with Crippen LogP contribution in [0, 0.1) is 13.8 Å². The molecule has 2 aromatic rings. The molecule has 2 rings (SSSR count). The molecule has 20 heavy (non-hydrogen) atoms. The van der Waals surface area contributed by atoms with Gasteiger partial charge in [0.15, 0.2) is 0 Å². The maximum atomic E-state index is 3.62. The van der Waals surface area contributed by atoms with Crippen molar-refractivity contribution >= 4 is 15.9 Å². The van der Waals surface area contributed by atoms with E-state index in [1.54, 1.807) is 0 Å². The molecule has 0 aromatic heterocycles. The Bertz CT molecular complexity index is 560. The molecular formula is C18H22BrN. The van der Waals surface area contributed by atoms with Gasteiger partial charge in [0, 0.05) is 10.5 Å². The molecule has 0 saturated heterocycles. The second kappa shape index (κ2) is 7.05. The molecule has 0 aliphatic rings. The van der Waals surface area contributed by atoms with Crippen molar-refractivity contribution in [2.45, 2.75) is 33.2 Å². The lowest BCUT2D eigenvalue weighted by molar-refractivity contribution is 0.547. The Balaban J connectivity index is 2.26. The standard InChI is InChI=1S/C18H22BrN/c1-4-20-18(12-15-8-10-16(19)11-9-15)17-7-5-6-13(2)14(17)3/h5-11,18,20H,4,12H2,1-3H3. The molecule has 2 heteroatoms. The molecule has 1 nitrogen and oxygen atoms in total. The molecule has 0 aliphatic carbocycles. The quantitative estimate of drug-likeness (QED) is 0.816. The van der Waals surface area contributed by atoms with Crippen molar-refractivity contribution in [3.63, 3.8) is 0 Å². The predicted molar refractivity (Wildman–Crippen MR) is 90.2 cm³/mol. The van der Waals surface area contributed by atoms with Gasteiger partial charge >= 0.3 is 0 Å². The number of likely N-dealkylation sites (N-methyl/N-ethyl adjacent to an activating group) is 1. The second-order valence-corrected chi connectivity index (χ2v) is 6.15. The third-order valence-electron chi connectivity index (χ3n) is 3.83. The van der Waals surface area contributed by atoms with Gasteiger partial charge in [0.1, 0.15) is 0 Å². The number of hydrogen-bond acceptors (Lipinski definition) is 1. The van der Waals surface area contributed by atoms with Gasteiger partial charge in [-0.3, -0.25) is 0 Å². The summed E-state index contributed by atoms with van der Waals surface area (Å²) in [6.07, 6.45) is 1.02. The maximum Gasteiger partial charge on any atom is 0.0363 e. The molecule has 0 spiro atoms. The second-order valence-electron chi connectivity index (χ2n) is 5.23. The van der Waals surface area contributed by atoms with Crippen LogP contribution in [0.4, 0.5) is 0 Å². The summed E-state index contributed by atoms with van der Waals surface area (Å²) < 4.78 is 1.13. The first-order valence-electron chi connectivity index (χ1n) is 7.15. The Hall–Kier alpha value is -1.12. The Labute approximate surface area is 130 Å². The monoisotopic (exact) mass is 331 g/mol. The van der Waals surface area contributed by atoms with E-state index in [0.29, 0.717) is 6.04 Å². The Morgan fingerprint density at radius 3 is 2.40 bits per heavy atom. The molecule has 2 aromatic carbocycles. The van der Waals surface area contributed by atoms with Crippen LogP contribution in [0.3, 0.4) is 0 Å². The van der Waals surface area contributed by atoms with E-state index < -0.39 is 0 Å². The first kappa shape index (κ1) is 15.3. The summed E-state index contributed by atoms with van der Waals surface area (Å²) in [5.74, 6) is 0. The van der Waals surface area contributed by atoms with Crippen LogP contribution in [-0.4, -0.2) is 6.54 Å². The van der Waals surface area contributed by atoms with Gasteiger partial charge < -0.3 is 5.32 Å². The van der Waals surface area contributed by atoms with E-state index in [9.17, 15) is 0 Å². The van der Waals surface area contributed by atoms with Crippen molar-refractivity contribution in [1.29, 1.82) is 0 Å². The van der Waals surface area contributed by atoms with E-state index in [2.05, 4.69) is 84.5 Å². The van der Waals surface area contributed by atoms with Crippen LogP contribution < -0.4 is 5.32 Å². The largest absolute Gasteiger partial charge is 0.310 e. The van der Waals surface area contributed by atoms with Gasteiger partial charge in [-0.25, -0.2) is 0 Å². The van der Waals surface area contributed by atoms with E-state index >= 15 is 0 Å². The van der Waals surface area contributed by atoms with Gasteiger partial charge in [0.25, 0.3) is 0 Å². The molecule has 0 amide bonds. The first-order chi connectivity index (χ1) is 9.61. The third-order valence-corrected chi connectivity index (χ3v) is 4.35. The van der Waals surface area contributed by atoms with Crippen molar-refractivity contribution in [3.8, 4) is 0 Å². The fourth-order valence-corrected chi connectivity index (χ4v) is 2.81. The summed E-state index contributed by atoms with van der Waals surface area (Å²) in [5.41, 5.74) is 5.53. The summed E-state index contributed by atoms with van der Waals surface area (Å²) in [7, 11) is 0. The highest BCUT2D eigenvalue weighted by Crippen LogP contribution is 2.24. The third kappa shape index (κ3) is 3.71. The van der Waals surface area contributed by atoms with E-state index in [0.717, 1.165) is 17.4 Å². The number of halogens is 1. The molecule has 1 unspecified atom stereocenters. The highest BCUT2D eigenvalue weighted by atomic mass is 79.9. The SMILES string of the molecule is CCNC(Cc1ccc(Br)cc1)c1cccc(C)c1C. The van der Waals surface area contributed by atoms with Gasteiger partial charge in [-0.05, 0) is 61.2 Å². The number of hydrogen-bond donors (Lipinski definition) is 1.